The summed E-state index contributed by atoms with van der Waals surface area (Å²) < 4.78 is 18.1. The molecule has 4 heteroatoms. The standard InChI is InChI=1S/C15H22FNO2/c1-11(2)5-4-8-17-10-12-6-7-13(14(16)9-12)15(18)19-3/h6-7,9,11,17H,4-5,8,10H2,1-3H3. The molecule has 0 saturated heterocycles. The van der Waals surface area contributed by atoms with Gasteiger partial charge in [0.25, 0.3) is 0 Å². The summed E-state index contributed by atoms with van der Waals surface area (Å²) in [6.07, 6.45) is 2.29. The molecule has 3 nitrogen and oxygen atoms in total. The fraction of sp³-hybridized carbons (Fsp3) is 0.533. The van der Waals surface area contributed by atoms with E-state index in [1.807, 2.05) is 0 Å². The van der Waals surface area contributed by atoms with Gasteiger partial charge in [-0.15, -0.1) is 0 Å². The van der Waals surface area contributed by atoms with Crippen molar-refractivity contribution < 1.29 is 13.9 Å². The molecule has 0 saturated carbocycles. The van der Waals surface area contributed by atoms with Gasteiger partial charge in [0.1, 0.15) is 5.82 Å². The number of carbonyl (C=O) groups excluding carboxylic acids is 1. The molecule has 0 heterocycles. The molecule has 0 aliphatic carbocycles. The first kappa shape index (κ1) is 15.6. The van der Waals surface area contributed by atoms with E-state index in [2.05, 4.69) is 23.9 Å². The van der Waals surface area contributed by atoms with Crippen molar-refractivity contribution in [3.63, 3.8) is 0 Å². The normalized spacial score (nSPS) is 10.8. The fourth-order valence-corrected chi connectivity index (χ4v) is 1.81. The third-order valence-corrected chi connectivity index (χ3v) is 2.90. The zero-order valence-corrected chi connectivity index (χ0v) is 11.8. The number of methoxy groups -OCH3 is 1. The Morgan fingerprint density at radius 2 is 2.16 bits per heavy atom. The van der Waals surface area contributed by atoms with Crippen LogP contribution >= 0.6 is 0 Å². The van der Waals surface area contributed by atoms with Gasteiger partial charge in [0, 0.05) is 6.54 Å². The molecule has 0 aliphatic rings. The highest BCUT2D eigenvalue weighted by Gasteiger charge is 2.11. The Labute approximate surface area is 114 Å². The van der Waals surface area contributed by atoms with E-state index in [9.17, 15) is 9.18 Å². The van der Waals surface area contributed by atoms with Gasteiger partial charge in [-0.3, -0.25) is 0 Å². The van der Waals surface area contributed by atoms with Gasteiger partial charge < -0.3 is 10.1 Å². The summed E-state index contributed by atoms with van der Waals surface area (Å²) in [6.45, 7) is 5.91. The largest absolute Gasteiger partial charge is 0.465 e. The summed E-state index contributed by atoms with van der Waals surface area (Å²) in [5.41, 5.74) is 0.806. The predicted molar refractivity (Wildman–Crippen MR) is 73.5 cm³/mol. The summed E-state index contributed by atoms with van der Waals surface area (Å²) in [6, 6.07) is 4.58. The van der Waals surface area contributed by atoms with Crippen LogP contribution < -0.4 is 5.32 Å². The lowest BCUT2D eigenvalue weighted by atomic mass is 10.1. The van der Waals surface area contributed by atoms with Crippen LogP contribution in [-0.4, -0.2) is 19.6 Å². The topological polar surface area (TPSA) is 38.3 Å². The van der Waals surface area contributed by atoms with Gasteiger partial charge in [-0.25, -0.2) is 9.18 Å². The van der Waals surface area contributed by atoms with Gasteiger partial charge in [-0.1, -0.05) is 19.9 Å². The van der Waals surface area contributed by atoms with Crippen LogP contribution in [0.1, 0.15) is 42.6 Å². The van der Waals surface area contributed by atoms with Gasteiger partial charge in [-0.05, 0) is 43.0 Å². The molecule has 1 aromatic carbocycles. The highest BCUT2D eigenvalue weighted by atomic mass is 19.1. The number of esters is 1. The number of nitrogens with one attached hydrogen (secondary N) is 1. The summed E-state index contributed by atoms with van der Waals surface area (Å²) in [5.74, 6) is -0.471. The molecule has 19 heavy (non-hydrogen) atoms. The summed E-state index contributed by atoms with van der Waals surface area (Å²) in [5, 5.41) is 3.26. The second-order valence-electron chi connectivity index (χ2n) is 5.02. The van der Waals surface area contributed by atoms with Crippen LogP contribution in [0.2, 0.25) is 0 Å². The second-order valence-corrected chi connectivity index (χ2v) is 5.02. The first-order chi connectivity index (χ1) is 9.04. The predicted octanol–water partition coefficient (Wildman–Crippen LogP) is 3.14. The Balaban J connectivity index is 2.43. The van der Waals surface area contributed by atoms with E-state index in [0.717, 1.165) is 18.5 Å². The molecule has 0 atom stereocenters. The molecule has 0 bridgehead atoms. The minimum absolute atomic E-state index is 0.0222. The average molecular weight is 267 g/mol. The van der Waals surface area contributed by atoms with Crippen LogP contribution in [0.3, 0.4) is 0 Å². The van der Waals surface area contributed by atoms with Crippen molar-refractivity contribution in [2.45, 2.75) is 33.2 Å². The van der Waals surface area contributed by atoms with Gasteiger partial charge in [0.15, 0.2) is 0 Å². The SMILES string of the molecule is COC(=O)c1ccc(CNCCCC(C)C)cc1F. The fourth-order valence-electron chi connectivity index (χ4n) is 1.81. The minimum Gasteiger partial charge on any atom is -0.465 e. The van der Waals surface area contributed by atoms with E-state index < -0.39 is 11.8 Å². The number of rotatable bonds is 7. The lowest BCUT2D eigenvalue weighted by Gasteiger charge is -2.08. The van der Waals surface area contributed by atoms with E-state index in [-0.39, 0.29) is 5.56 Å². The van der Waals surface area contributed by atoms with Gasteiger partial charge in [-0.2, -0.15) is 0 Å². The number of ether oxygens (including phenoxy) is 1. The number of hydrogen-bond donors (Lipinski definition) is 1. The first-order valence-corrected chi connectivity index (χ1v) is 6.62. The maximum Gasteiger partial charge on any atom is 0.340 e. The van der Waals surface area contributed by atoms with Gasteiger partial charge in [0.05, 0.1) is 12.7 Å². The van der Waals surface area contributed by atoms with Crippen molar-refractivity contribution >= 4 is 5.97 Å². The molecule has 0 spiro atoms. The number of halogens is 1. The van der Waals surface area contributed by atoms with Crippen molar-refractivity contribution in [3.05, 3.63) is 35.1 Å². The molecular formula is C15H22FNO2. The van der Waals surface area contributed by atoms with Crippen LogP contribution in [0.15, 0.2) is 18.2 Å². The van der Waals surface area contributed by atoms with E-state index in [4.69, 9.17) is 0 Å². The summed E-state index contributed by atoms with van der Waals surface area (Å²) in [7, 11) is 1.24. The smallest absolute Gasteiger partial charge is 0.340 e. The monoisotopic (exact) mass is 267 g/mol. The lowest BCUT2D eigenvalue weighted by molar-refractivity contribution is 0.0595. The molecule has 0 aromatic heterocycles. The third kappa shape index (κ3) is 5.39. The van der Waals surface area contributed by atoms with Gasteiger partial charge in [0.2, 0.25) is 0 Å². The summed E-state index contributed by atoms with van der Waals surface area (Å²) in [4.78, 5) is 11.2. The van der Waals surface area contributed by atoms with Crippen LogP contribution in [0.4, 0.5) is 4.39 Å². The Kier molecular flexibility index (Phi) is 6.50. The Morgan fingerprint density at radius 3 is 2.74 bits per heavy atom. The molecule has 0 fully saturated rings. The number of carbonyl (C=O) groups is 1. The molecule has 1 rings (SSSR count). The van der Waals surface area contributed by atoms with Crippen LogP contribution in [0, 0.1) is 11.7 Å². The zero-order valence-electron chi connectivity index (χ0n) is 11.8. The highest BCUT2D eigenvalue weighted by Crippen LogP contribution is 2.11. The maximum absolute atomic E-state index is 13.6. The van der Waals surface area contributed by atoms with E-state index in [1.165, 1.54) is 25.7 Å². The molecule has 0 radical (unpaired) electrons. The molecular weight excluding hydrogens is 245 g/mol. The van der Waals surface area contributed by atoms with Crippen molar-refractivity contribution in [3.8, 4) is 0 Å². The molecule has 0 amide bonds. The molecule has 0 unspecified atom stereocenters. The van der Waals surface area contributed by atoms with Crippen LogP contribution in [0.5, 0.6) is 0 Å². The van der Waals surface area contributed by atoms with E-state index in [1.54, 1.807) is 6.07 Å². The first-order valence-electron chi connectivity index (χ1n) is 6.62. The molecule has 1 N–H and O–H groups in total. The van der Waals surface area contributed by atoms with E-state index in [0.29, 0.717) is 12.5 Å². The zero-order chi connectivity index (χ0) is 14.3. The Bertz CT molecular complexity index is 419. The van der Waals surface area contributed by atoms with Crippen molar-refractivity contribution in [1.29, 1.82) is 0 Å². The van der Waals surface area contributed by atoms with Crippen molar-refractivity contribution in [2.24, 2.45) is 5.92 Å². The third-order valence-electron chi connectivity index (χ3n) is 2.90. The molecule has 106 valence electrons. The summed E-state index contributed by atoms with van der Waals surface area (Å²) >= 11 is 0. The van der Waals surface area contributed by atoms with Crippen LogP contribution in [0.25, 0.3) is 0 Å². The van der Waals surface area contributed by atoms with Gasteiger partial charge >= 0.3 is 5.97 Å². The maximum atomic E-state index is 13.6. The van der Waals surface area contributed by atoms with E-state index >= 15 is 0 Å². The number of benzene rings is 1. The number of hydrogen-bond acceptors (Lipinski definition) is 3. The van der Waals surface area contributed by atoms with Crippen molar-refractivity contribution in [1.82, 2.24) is 5.32 Å². The van der Waals surface area contributed by atoms with Crippen LogP contribution in [-0.2, 0) is 11.3 Å². The minimum atomic E-state index is -0.644. The lowest BCUT2D eigenvalue weighted by Crippen LogP contribution is -2.15. The Hall–Kier alpha value is -1.42. The quantitative estimate of drug-likeness (QED) is 0.609. The molecule has 0 aliphatic heterocycles. The second kappa shape index (κ2) is 7.89. The highest BCUT2D eigenvalue weighted by molar-refractivity contribution is 5.89. The molecule has 1 aromatic rings. The van der Waals surface area contributed by atoms with Crippen molar-refractivity contribution in [2.75, 3.05) is 13.7 Å². The average Bonchev–Trinajstić information content (AvgIpc) is 2.37. The Morgan fingerprint density at radius 1 is 1.42 bits per heavy atom.